The molecule has 2 N–H and O–H groups in total. The lowest BCUT2D eigenvalue weighted by Gasteiger charge is -2.59. The predicted octanol–water partition coefficient (Wildman–Crippen LogP) is 3.11. The van der Waals surface area contributed by atoms with Gasteiger partial charge in [-0.25, -0.2) is 4.79 Å². The van der Waals surface area contributed by atoms with Crippen molar-refractivity contribution in [2.45, 2.75) is 38.1 Å². The summed E-state index contributed by atoms with van der Waals surface area (Å²) >= 11 is 0. The molecule has 4 fully saturated rings. The van der Waals surface area contributed by atoms with E-state index in [1.807, 2.05) is 24.3 Å². The minimum Gasteiger partial charge on any atom is -0.396 e. The van der Waals surface area contributed by atoms with Crippen LogP contribution in [-0.4, -0.2) is 36.5 Å². The standard InChI is InChI=1S/C20H25N3O2/c24-12-20-9-13-7-14(10-20)18(15(8-13)11-20)22-19(25)23-6-5-21-16-3-1-2-4-17(16)23/h1-5,13-15,18,24H,6-12H2,(H,22,25). The summed E-state index contributed by atoms with van der Waals surface area (Å²) < 4.78 is 0. The van der Waals surface area contributed by atoms with Gasteiger partial charge in [-0.2, -0.15) is 0 Å². The summed E-state index contributed by atoms with van der Waals surface area (Å²) in [6.07, 6.45) is 7.55. The van der Waals surface area contributed by atoms with E-state index >= 15 is 0 Å². The number of nitrogens with one attached hydrogen (secondary N) is 1. The van der Waals surface area contributed by atoms with Crippen LogP contribution in [0.3, 0.4) is 0 Å². The predicted molar refractivity (Wildman–Crippen MR) is 97.3 cm³/mol. The normalized spacial score (nSPS) is 37.9. The number of carbonyl (C=O) groups excluding carboxylic acids is 1. The topological polar surface area (TPSA) is 64.9 Å². The van der Waals surface area contributed by atoms with Gasteiger partial charge in [-0.1, -0.05) is 12.1 Å². The number of aliphatic hydroxyl groups is 1. The molecule has 5 heteroatoms. The second-order valence-corrected chi connectivity index (χ2v) is 8.51. The highest BCUT2D eigenvalue weighted by Gasteiger charge is 2.55. The number of hydrogen-bond donors (Lipinski definition) is 2. The van der Waals surface area contributed by atoms with E-state index in [0.29, 0.717) is 25.0 Å². The molecule has 4 saturated carbocycles. The summed E-state index contributed by atoms with van der Waals surface area (Å²) in [5, 5.41) is 13.3. The number of nitrogens with zero attached hydrogens (tertiary/aromatic N) is 2. The molecule has 1 aliphatic heterocycles. The second-order valence-electron chi connectivity index (χ2n) is 8.51. The Balaban J connectivity index is 1.35. The summed E-state index contributed by atoms with van der Waals surface area (Å²) in [5.41, 5.74) is 1.88. The molecule has 4 bridgehead atoms. The lowest BCUT2D eigenvalue weighted by Crippen LogP contribution is -2.61. The second kappa shape index (κ2) is 5.56. The van der Waals surface area contributed by atoms with Gasteiger partial charge in [-0.05, 0) is 67.4 Å². The highest BCUT2D eigenvalue weighted by Crippen LogP contribution is 2.59. The first-order valence-corrected chi connectivity index (χ1v) is 9.48. The summed E-state index contributed by atoms with van der Waals surface area (Å²) in [4.78, 5) is 19.2. The Kier molecular flexibility index (Phi) is 3.42. The third-order valence-electron chi connectivity index (χ3n) is 6.94. The molecule has 25 heavy (non-hydrogen) atoms. The van der Waals surface area contributed by atoms with Crippen molar-refractivity contribution in [3.05, 3.63) is 24.3 Å². The van der Waals surface area contributed by atoms with Crippen LogP contribution in [0.2, 0.25) is 0 Å². The molecule has 5 nitrogen and oxygen atoms in total. The van der Waals surface area contributed by atoms with Crippen molar-refractivity contribution in [1.82, 2.24) is 5.32 Å². The van der Waals surface area contributed by atoms with Crippen molar-refractivity contribution >= 4 is 23.6 Å². The third-order valence-corrected chi connectivity index (χ3v) is 6.94. The minimum absolute atomic E-state index is 0.00544. The van der Waals surface area contributed by atoms with E-state index in [1.54, 1.807) is 11.1 Å². The Labute approximate surface area is 148 Å². The van der Waals surface area contributed by atoms with Gasteiger partial charge in [0.1, 0.15) is 0 Å². The summed E-state index contributed by atoms with van der Waals surface area (Å²) in [6, 6.07) is 8.06. The largest absolute Gasteiger partial charge is 0.396 e. The fraction of sp³-hybridized carbons (Fsp3) is 0.600. The maximum atomic E-state index is 13.0. The van der Waals surface area contributed by atoms with Crippen LogP contribution >= 0.6 is 0 Å². The molecule has 0 spiro atoms. The molecule has 1 aromatic carbocycles. The lowest BCUT2D eigenvalue weighted by atomic mass is 9.48. The summed E-state index contributed by atoms with van der Waals surface area (Å²) in [7, 11) is 0. The van der Waals surface area contributed by atoms with Gasteiger partial charge in [-0.3, -0.25) is 9.89 Å². The number of rotatable bonds is 2. The minimum atomic E-state index is -0.00544. The van der Waals surface area contributed by atoms with E-state index in [2.05, 4.69) is 10.3 Å². The SMILES string of the molecule is O=C(NC1C2CC3CC1CC(CO)(C3)C2)N1CC=Nc2ccccc21. The molecule has 4 aliphatic carbocycles. The molecule has 0 aromatic heterocycles. The summed E-state index contributed by atoms with van der Waals surface area (Å²) in [6.45, 7) is 0.835. The molecule has 2 atom stereocenters. The Bertz CT molecular complexity index is 715. The van der Waals surface area contributed by atoms with Crippen molar-refractivity contribution in [3.8, 4) is 0 Å². The third kappa shape index (κ3) is 2.40. The molecule has 2 amide bonds. The highest BCUT2D eigenvalue weighted by molar-refractivity contribution is 6.00. The maximum absolute atomic E-state index is 13.0. The Morgan fingerprint density at radius 1 is 1.24 bits per heavy atom. The first-order chi connectivity index (χ1) is 12.2. The number of para-hydroxylation sites is 2. The van der Waals surface area contributed by atoms with Gasteiger partial charge < -0.3 is 10.4 Å². The van der Waals surface area contributed by atoms with E-state index in [4.69, 9.17) is 0 Å². The van der Waals surface area contributed by atoms with E-state index in [9.17, 15) is 9.90 Å². The van der Waals surface area contributed by atoms with Gasteiger partial charge in [0.05, 0.1) is 17.9 Å². The molecule has 2 unspecified atom stereocenters. The quantitative estimate of drug-likeness (QED) is 0.869. The number of anilines is 1. The number of aliphatic imine (C=N–C) groups is 1. The Hall–Kier alpha value is -1.88. The number of carbonyl (C=O) groups is 1. The van der Waals surface area contributed by atoms with Gasteiger partial charge in [0.25, 0.3) is 0 Å². The molecule has 5 aliphatic rings. The van der Waals surface area contributed by atoms with Crippen LogP contribution < -0.4 is 10.2 Å². The fourth-order valence-corrected chi connectivity index (χ4v) is 6.16. The highest BCUT2D eigenvalue weighted by atomic mass is 16.3. The molecule has 6 rings (SSSR count). The zero-order valence-corrected chi connectivity index (χ0v) is 14.4. The van der Waals surface area contributed by atoms with Crippen molar-refractivity contribution in [1.29, 1.82) is 0 Å². The molecule has 132 valence electrons. The number of benzene rings is 1. The van der Waals surface area contributed by atoms with Crippen LogP contribution in [0.25, 0.3) is 0 Å². The van der Waals surface area contributed by atoms with E-state index in [-0.39, 0.29) is 17.5 Å². The van der Waals surface area contributed by atoms with Gasteiger partial charge in [0.2, 0.25) is 0 Å². The fourth-order valence-electron chi connectivity index (χ4n) is 6.16. The van der Waals surface area contributed by atoms with Crippen molar-refractivity contribution in [2.24, 2.45) is 28.2 Å². The number of aliphatic hydroxyl groups excluding tert-OH is 1. The average molecular weight is 339 g/mol. The van der Waals surface area contributed by atoms with Crippen LogP contribution in [0.4, 0.5) is 16.2 Å². The molecular weight excluding hydrogens is 314 g/mol. The van der Waals surface area contributed by atoms with E-state index in [1.165, 1.54) is 19.3 Å². The first kappa shape index (κ1) is 15.4. The van der Waals surface area contributed by atoms with Gasteiger partial charge in [-0.15, -0.1) is 0 Å². The van der Waals surface area contributed by atoms with Crippen LogP contribution in [0, 0.1) is 23.2 Å². The first-order valence-electron chi connectivity index (χ1n) is 9.48. The van der Waals surface area contributed by atoms with Crippen LogP contribution in [0.1, 0.15) is 32.1 Å². The maximum Gasteiger partial charge on any atom is 0.322 e. The number of amides is 2. The van der Waals surface area contributed by atoms with Crippen molar-refractivity contribution in [2.75, 3.05) is 18.1 Å². The molecule has 0 saturated heterocycles. The van der Waals surface area contributed by atoms with Crippen molar-refractivity contribution in [3.63, 3.8) is 0 Å². The van der Waals surface area contributed by atoms with E-state index in [0.717, 1.165) is 30.1 Å². The zero-order valence-electron chi connectivity index (χ0n) is 14.4. The molecule has 0 radical (unpaired) electrons. The van der Waals surface area contributed by atoms with Gasteiger partial charge >= 0.3 is 6.03 Å². The molecule has 1 heterocycles. The molecule has 1 aromatic rings. The average Bonchev–Trinajstić information content (AvgIpc) is 2.63. The number of urea groups is 1. The van der Waals surface area contributed by atoms with Gasteiger partial charge in [0.15, 0.2) is 0 Å². The van der Waals surface area contributed by atoms with Crippen molar-refractivity contribution < 1.29 is 9.90 Å². The number of fused-ring (bicyclic) bond motifs is 1. The number of hydrogen-bond acceptors (Lipinski definition) is 3. The summed E-state index contributed by atoms with van der Waals surface area (Å²) in [5.74, 6) is 1.80. The Morgan fingerprint density at radius 2 is 2.00 bits per heavy atom. The monoisotopic (exact) mass is 339 g/mol. The smallest absolute Gasteiger partial charge is 0.322 e. The molecular formula is C20H25N3O2. The lowest BCUT2D eigenvalue weighted by molar-refractivity contribution is -0.0963. The van der Waals surface area contributed by atoms with Gasteiger partial charge in [0, 0.05) is 18.9 Å². The van der Waals surface area contributed by atoms with Crippen LogP contribution in [0.15, 0.2) is 29.3 Å². The van der Waals surface area contributed by atoms with Crippen LogP contribution in [-0.2, 0) is 0 Å². The van der Waals surface area contributed by atoms with Crippen LogP contribution in [0.5, 0.6) is 0 Å². The zero-order chi connectivity index (χ0) is 17.0. The van der Waals surface area contributed by atoms with E-state index < -0.39 is 0 Å². The Morgan fingerprint density at radius 3 is 2.76 bits per heavy atom.